The van der Waals surface area contributed by atoms with Gasteiger partial charge in [-0.25, -0.2) is 9.48 Å². The highest BCUT2D eigenvalue weighted by atomic mass is 35.5. The van der Waals surface area contributed by atoms with Gasteiger partial charge in [0.2, 0.25) is 0 Å². The van der Waals surface area contributed by atoms with Crippen molar-refractivity contribution in [2.75, 3.05) is 22.5 Å². The van der Waals surface area contributed by atoms with Crippen LogP contribution in [0.25, 0.3) is 5.69 Å². The molecule has 2 heterocycles. The van der Waals surface area contributed by atoms with Gasteiger partial charge < -0.3 is 10.6 Å². The molecule has 0 saturated carbocycles. The molecular weight excluding hydrogens is 421 g/mol. The zero-order valence-electron chi connectivity index (χ0n) is 17.0. The van der Waals surface area contributed by atoms with Gasteiger partial charge in [0.25, 0.3) is 0 Å². The van der Waals surface area contributed by atoms with E-state index in [0.717, 1.165) is 30.0 Å². The number of nitrogens with one attached hydrogen (secondary N) is 3. The number of rotatable bonds is 3. The van der Waals surface area contributed by atoms with Crippen molar-refractivity contribution >= 4 is 46.4 Å². The molecule has 0 radical (unpaired) electrons. The van der Waals surface area contributed by atoms with E-state index in [4.69, 9.17) is 28.3 Å². The first-order valence-corrected chi connectivity index (χ1v) is 10.5. The predicted octanol–water partition coefficient (Wildman–Crippen LogP) is 6.09. The first-order valence-electron chi connectivity index (χ1n) is 9.72. The van der Waals surface area contributed by atoms with Gasteiger partial charge in [0, 0.05) is 23.7 Å². The second-order valence-electron chi connectivity index (χ2n) is 8.28. The van der Waals surface area contributed by atoms with Crippen LogP contribution in [-0.2, 0) is 11.8 Å². The summed E-state index contributed by atoms with van der Waals surface area (Å²) in [5.74, 6) is 0.563. The molecule has 1 aliphatic heterocycles. The van der Waals surface area contributed by atoms with E-state index in [0.29, 0.717) is 21.6 Å². The lowest BCUT2D eigenvalue weighted by molar-refractivity contribution is 0.262. The quantitative estimate of drug-likeness (QED) is 0.458. The number of aromatic nitrogens is 2. The number of hydrogen-bond donors (Lipinski definition) is 3. The van der Waals surface area contributed by atoms with Crippen molar-refractivity contribution in [3.8, 4) is 5.69 Å². The standard InChI is InChI=1S/C22H23Cl2N5O/c1-22(2,3)18-12-19(27-21(30)26-16-6-4-5-15(23)20(16)24)29(28-18)14-8-7-13-9-10-25-17(13)11-14/h4-8,11-12,25H,9-10H2,1-3H3,(H2,26,27,30). The predicted molar refractivity (Wildman–Crippen MR) is 124 cm³/mol. The van der Waals surface area contributed by atoms with Gasteiger partial charge in [-0.05, 0) is 36.2 Å². The fourth-order valence-electron chi connectivity index (χ4n) is 3.31. The molecule has 0 saturated heterocycles. The van der Waals surface area contributed by atoms with Crippen molar-refractivity contribution in [1.82, 2.24) is 9.78 Å². The Bertz CT molecular complexity index is 1120. The number of anilines is 3. The van der Waals surface area contributed by atoms with Crippen LogP contribution in [-0.4, -0.2) is 22.4 Å². The maximum atomic E-state index is 12.7. The summed E-state index contributed by atoms with van der Waals surface area (Å²) in [5, 5.41) is 14.5. The van der Waals surface area contributed by atoms with Crippen LogP contribution in [0.5, 0.6) is 0 Å². The van der Waals surface area contributed by atoms with Crippen molar-refractivity contribution in [1.29, 1.82) is 0 Å². The summed E-state index contributed by atoms with van der Waals surface area (Å²) in [6, 6.07) is 12.7. The Kier molecular flexibility index (Phi) is 5.38. The Hall–Kier alpha value is -2.70. The topological polar surface area (TPSA) is 71.0 Å². The molecule has 0 bridgehead atoms. The van der Waals surface area contributed by atoms with Gasteiger partial charge in [-0.15, -0.1) is 0 Å². The molecule has 3 aromatic rings. The molecule has 4 rings (SSSR count). The highest BCUT2D eigenvalue weighted by Gasteiger charge is 2.22. The highest BCUT2D eigenvalue weighted by molar-refractivity contribution is 6.44. The van der Waals surface area contributed by atoms with Crippen LogP contribution < -0.4 is 16.0 Å². The fraction of sp³-hybridized carbons (Fsp3) is 0.273. The monoisotopic (exact) mass is 443 g/mol. The molecule has 0 fully saturated rings. The Morgan fingerprint density at radius 2 is 1.93 bits per heavy atom. The van der Waals surface area contributed by atoms with Gasteiger partial charge in [0.05, 0.1) is 27.1 Å². The van der Waals surface area contributed by atoms with Gasteiger partial charge in [-0.2, -0.15) is 5.10 Å². The SMILES string of the molecule is CC(C)(C)c1cc(NC(=O)Nc2cccc(Cl)c2Cl)n(-c2ccc3c(c2)NCC3)n1. The van der Waals surface area contributed by atoms with E-state index in [-0.39, 0.29) is 5.41 Å². The van der Waals surface area contributed by atoms with Crippen molar-refractivity contribution in [2.24, 2.45) is 0 Å². The normalized spacial score (nSPS) is 13.0. The number of halogens is 2. The molecule has 30 heavy (non-hydrogen) atoms. The molecule has 1 aromatic heterocycles. The smallest absolute Gasteiger partial charge is 0.324 e. The molecule has 1 aliphatic rings. The molecule has 8 heteroatoms. The third-order valence-electron chi connectivity index (χ3n) is 4.97. The summed E-state index contributed by atoms with van der Waals surface area (Å²) in [6.07, 6.45) is 1.01. The molecule has 0 spiro atoms. The van der Waals surface area contributed by atoms with Crippen LogP contribution >= 0.6 is 23.2 Å². The van der Waals surface area contributed by atoms with Crippen LogP contribution in [0.4, 0.5) is 22.0 Å². The van der Waals surface area contributed by atoms with Crippen molar-refractivity contribution in [3.05, 3.63) is 63.8 Å². The summed E-state index contributed by atoms with van der Waals surface area (Å²) in [5.41, 5.74) is 4.38. The highest BCUT2D eigenvalue weighted by Crippen LogP contribution is 2.31. The number of carbonyl (C=O) groups excluding carboxylic acids is 1. The Morgan fingerprint density at radius 1 is 1.13 bits per heavy atom. The van der Waals surface area contributed by atoms with E-state index in [1.165, 1.54) is 5.56 Å². The van der Waals surface area contributed by atoms with Gasteiger partial charge in [-0.1, -0.05) is 56.1 Å². The number of carbonyl (C=O) groups is 1. The van der Waals surface area contributed by atoms with E-state index in [9.17, 15) is 4.79 Å². The largest absolute Gasteiger partial charge is 0.384 e. The third-order valence-corrected chi connectivity index (χ3v) is 5.79. The van der Waals surface area contributed by atoms with Gasteiger partial charge in [0.1, 0.15) is 5.82 Å². The Labute approximate surface area is 185 Å². The lowest BCUT2D eigenvalue weighted by atomic mass is 9.92. The summed E-state index contributed by atoms with van der Waals surface area (Å²) in [4.78, 5) is 12.7. The van der Waals surface area contributed by atoms with E-state index < -0.39 is 6.03 Å². The van der Waals surface area contributed by atoms with Crippen molar-refractivity contribution < 1.29 is 4.79 Å². The number of hydrogen-bond acceptors (Lipinski definition) is 3. The zero-order chi connectivity index (χ0) is 21.5. The van der Waals surface area contributed by atoms with Crippen LogP contribution in [0.3, 0.4) is 0 Å². The Balaban J connectivity index is 1.66. The molecular formula is C22H23Cl2N5O. The first-order chi connectivity index (χ1) is 14.2. The number of amides is 2. The van der Waals surface area contributed by atoms with Crippen LogP contribution in [0.2, 0.25) is 10.0 Å². The molecule has 3 N–H and O–H groups in total. The third kappa shape index (κ3) is 4.11. The van der Waals surface area contributed by atoms with E-state index >= 15 is 0 Å². The number of fused-ring (bicyclic) bond motifs is 1. The average molecular weight is 444 g/mol. The minimum Gasteiger partial charge on any atom is -0.384 e. The lowest BCUT2D eigenvalue weighted by Crippen LogP contribution is -2.21. The van der Waals surface area contributed by atoms with E-state index in [1.807, 2.05) is 12.1 Å². The van der Waals surface area contributed by atoms with E-state index in [1.54, 1.807) is 22.9 Å². The van der Waals surface area contributed by atoms with Gasteiger partial charge in [0.15, 0.2) is 0 Å². The maximum absolute atomic E-state index is 12.7. The van der Waals surface area contributed by atoms with Crippen LogP contribution in [0, 0.1) is 0 Å². The molecule has 0 aliphatic carbocycles. The van der Waals surface area contributed by atoms with Gasteiger partial charge in [-0.3, -0.25) is 5.32 Å². The van der Waals surface area contributed by atoms with Crippen molar-refractivity contribution in [3.63, 3.8) is 0 Å². The zero-order valence-corrected chi connectivity index (χ0v) is 18.5. The Morgan fingerprint density at radius 3 is 2.70 bits per heavy atom. The first kappa shape index (κ1) is 20.6. The molecule has 6 nitrogen and oxygen atoms in total. The van der Waals surface area contributed by atoms with Gasteiger partial charge >= 0.3 is 6.03 Å². The maximum Gasteiger partial charge on any atom is 0.324 e. The minimum atomic E-state index is -0.430. The molecule has 0 unspecified atom stereocenters. The lowest BCUT2D eigenvalue weighted by Gasteiger charge is -2.14. The molecule has 0 atom stereocenters. The summed E-state index contributed by atoms with van der Waals surface area (Å²) in [7, 11) is 0. The number of urea groups is 1. The number of nitrogens with zero attached hydrogens (tertiary/aromatic N) is 2. The van der Waals surface area contributed by atoms with Crippen LogP contribution in [0.1, 0.15) is 32.0 Å². The fourth-order valence-corrected chi connectivity index (χ4v) is 3.66. The average Bonchev–Trinajstić information content (AvgIpc) is 3.31. The summed E-state index contributed by atoms with van der Waals surface area (Å²) in [6.45, 7) is 7.18. The second-order valence-corrected chi connectivity index (χ2v) is 9.06. The second kappa shape index (κ2) is 7.85. The van der Waals surface area contributed by atoms with E-state index in [2.05, 4.69) is 48.9 Å². The molecule has 2 aromatic carbocycles. The summed E-state index contributed by atoms with van der Waals surface area (Å²) < 4.78 is 1.75. The minimum absolute atomic E-state index is 0.177. The van der Waals surface area contributed by atoms with Crippen molar-refractivity contribution in [2.45, 2.75) is 32.6 Å². The summed E-state index contributed by atoms with van der Waals surface area (Å²) >= 11 is 12.2. The molecule has 2 amide bonds. The van der Waals surface area contributed by atoms with Crippen LogP contribution in [0.15, 0.2) is 42.5 Å². The number of benzene rings is 2. The molecule has 156 valence electrons.